The fraction of sp³-hybridized carbons (Fsp3) is 0.333. The number of aryl methyl sites for hydroxylation is 1. The van der Waals surface area contributed by atoms with Gasteiger partial charge in [0.1, 0.15) is 17.5 Å². The molecule has 180 valence electrons. The monoisotopic (exact) mass is 487 g/mol. The molecule has 1 aliphatic heterocycles. The lowest BCUT2D eigenvalue weighted by Gasteiger charge is -2.20. The van der Waals surface area contributed by atoms with E-state index in [0.717, 1.165) is 16.5 Å². The minimum Gasteiger partial charge on any atom is -0.383 e. The second-order valence-corrected chi connectivity index (χ2v) is 8.80. The Morgan fingerprint density at radius 2 is 1.91 bits per heavy atom. The molecule has 1 aliphatic rings. The topological polar surface area (TPSA) is 71.4 Å². The number of hydrogen-bond donors (Lipinski definition) is 3. The number of amides is 2. The second kappa shape index (κ2) is 10.5. The molecule has 2 N–H and O–H groups in total. The number of nitrogens with one attached hydrogen (secondary N) is 2. The molecule has 2 amide bonds. The number of likely N-dealkylation sites (tertiary alicyclic amines) is 1. The molecule has 1 fully saturated rings. The Balaban J connectivity index is 1.49. The molecule has 2 atom stereocenters. The Labute approximate surface area is 202 Å². The van der Waals surface area contributed by atoms with Crippen LogP contribution in [0.25, 0.3) is 11.3 Å². The fourth-order valence-corrected chi connectivity index (χ4v) is 4.56. The first kappa shape index (κ1) is 24.2. The van der Waals surface area contributed by atoms with E-state index in [9.17, 15) is 13.6 Å². The highest BCUT2D eigenvalue weighted by molar-refractivity contribution is 7.80. The number of hydrogen-bond acceptors (Lipinski definition) is 5. The highest BCUT2D eigenvalue weighted by Crippen LogP contribution is 2.30. The van der Waals surface area contributed by atoms with E-state index in [1.54, 1.807) is 24.9 Å². The molecular formula is C24H27F2N5O2S. The van der Waals surface area contributed by atoms with Gasteiger partial charge in [-0.05, 0) is 23.8 Å². The fourth-order valence-electron chi connectivity index (χ4n) is 4.29. The molecule has 0 unspecified atom stereocenters. The number of nitrogens with zero attached hydrogens (tertiary/aromatic N) is 3. The standard InChI is InChI=1S/C24H27F2N5O2S/c1-30-23(12-20(29-30)18-5-3-4-6-22(18)34)28-24(32)27-21-14-31(7-8-33-2)13-19(21)15-9-16(25)11-17(26)10-15/h3-6,9-12,19,21,34H,7-8,13-14H2,1-2H3,(H2,27,28,32)/t19-,21+/m0/s1. The van der Waals surface area contributed by atoms with Gasteiger partial charge in [-0.3, -0.25) is 14.9 Å². The number of carbonyl (C=O) groups excluding carboxylic acids is 1. The van der Waals surface area contributed by atoms with Gasteiger partial charge >= 0.3 is 6.03 Å². The first-order chi connectivity index (χ1) is 16.3. The normalized spacial score (nSPS) is 18.3. The zero-order chi connectivity index (χ0) is 24.2. The Kier molecular flexibility index (Phi) is 7.50. The zero-order valence-corrected chi connectivity index (χ0v) is 19.9. The first-order valence-electron chi connectivity index (χ1n) is 10.9. The molecule has 4 rings (SSSR count). The molecule has 2 heterocycles. The summed E-state index contributed by atoms with van der Waals surface area (Å²) in [6, 6.07) is 12.1. The Bertz CT molecular complexity index is 1150. The van der Waals surface area contributed by atoms with Gasteiger partial charge in [0.05, 0.1) is 18.3 Å². The number of thiol groups is 1. The van der Waals surface area contributed by atoms with Crippen LogP contribution >= 0.6 is 12.6 Å². The Morgan fingerprint density at radius 1 is 1.18 bits per heavy atom. The molecule has 10 heteroatoms. The average molecular weight is 488 g/mol. The van der Waals surface area contributed by atoms with Crippen molar-refractivity contribution in [1.82, 2.24) is 20.0 Å². The van der Waals surface area contributed by atoms with Gasteiger partial charge in [-0.25, -0.2) is 13.6 Å². The van der Waals surface area contributed by atoms with Gasteiger partial charge in [0.25, 0.3) is 0 Å². The third kappa shape index (κ3) is 5.57. The Morgan fingerprint density at radius 3 is 2.62 bits per heavy atom. The van der Waals surface area contributed by atoms with Crippen molar-refractivity contribution in [3.63, 3.8) is 0 Å². The lowest BCUT2D eigenvalue weighted by atomic mass is 9.94. The number of urea groups is 1. The zero-order valence-electron chi connectivity index (χ0n) is 19.0. The van der Waals surface area contributed by atoms with Crippen LogP contribution in [0.1, 0.15) is 11.5 Å². The molecule has 34 heavy (non-hydrogen) atoms. The molecule has 3 aromatic rings. The minimum atomic E-state index is -0.638. The highest BCUT2D eigenvalue weighted by Gasteiger charge is 2.35. The molecule has 1 saturated heterocycles. The summed E-state index contributed by atoms with van der Waals surface area (Å²) >= 11 is 4.48. The quantitative estimate of drug-likeness (QED) is 0.442. The lowest BCUT2D eigenvalue weighted by Crippen LogP contribution is -2.42. The number of ether oxygens (including phenoxy) is 1. The predicted molar refractivity (Wildman–Crippen MR) is 129 cm³/mol. The first-order valence-corrected chi connectivity index (χ1v) is 11.4. The summed E-state index contributed by atoms with van der Waals surface area (Å²) < 4.78 is 34.5. The van der Waals surface area contributed by atoms with E-state index in [1.807, 2.05) is 24.3 Å². The SMILES string of the molecule is COCCN1C[C@@H](NC(=O)Nc2cc(-c3ccccc3S)nn2C)[C@H](c2cc(F)cc(F)c2)C1. The highest BCUT2D eigenvalue weighted by atomic mass is 32.1. The molecule has 2 aromatic carbocycles. The van der Waals surface area contributed by atoms with Crippen molar-refractivity contribution in [1.29, 1.82) is 0 Å². The number of aromatic nitrogens is 2. The molecule has 0 bridgehead atoms. The average Bonchev–Trinajstić information content (AvgIpc) is 3.35. The van der Waals surface area contributed by atoms with E-state index in [2.05, 4.69) is 33.3 Å². The summed E-state index contributed by atoms with van der Waals surface area (Å²) in [5.74, 6) is -1.04. The van der Waals surface area contributed by atoms with Crippen molar-refractivity contribution in [2.45, 2.75) is 16.9 Å². The molecule has 7 nitrogen and oxygen atoms in total. The summed E-state index contributed by atoms with van der Waals surface area (Å²) in [6.45, 7) is 2.25. The van der Waals surface area contributed by atoms with Crippen molar-refractivity contribution in [2.24, 2.45) is 7.05 Å². The van der Waals surface area contributed by atoms with E-state index >= 15 is 0 Å². The number of methoxy groups -OCH3 is 1. The van der Waals surface area contributed by atoms with Gasteiger partial charge < -0.3 is 10.1 Å². The van der Waals surface area contributed by atoms with Crippen LogP contribution in [0.4, 0.5) is 19.4 Å². The van der Waals surface area contributed by atoms with Crippen molar-refractivity contribution in [3.8, 4) is 11.3 Å². The van der Waals surface area contributed by atoms with E-state index < -0.39 is 17.7 Å². The van der Waals surface area contributed by atoms with Crippen molar-refractivity contribution >= 4 is 24.5 Å². The summed E-state index contributed by atoms with van der Waals surface area (Å²) in [5, 5.41) is 10.3. The third-order valence-corrected chi connectivity index (χ3v) is 6.33. The van der Waals surface area contributed by atoms with Crippen molar-refractivity contribution in [3.05, 3.63) is 65.7 Å². The molecule has 0 saturated carbocycles. The lowest BCUT2D eigenvalue weighted by molar-refractivity contribution is 0.159. The molecule has 0 spiro atoms. The van der Waals surface area contributed by atoms with E-state index in [-0.39, 0.29) is 12.0 Å². The predicted octanol–water partition coefficient (Wildman–Crippen LogP) is 3.89. The largest absolute Gasteiger partial charge is 0.383 e. The number of rotatable bonds is 7. The summed E-state index contributed by atoms with van der Waals surface area (Å²) in [7, 11) is 3.35. The number of carbonyl (C=O) groups is 1. The van der Waals surface area contributed by atoms with Crippen molar-refractivity contribution in [2.75, 3.05) is 38.7 Å². The summed E-state index contributed by atoms with van der Waals surface area (Å²) in [4.78, 5) is 15.8. The van der Waals surface area contributed by atoms with Crippen LogP contribution in [0.5, 0.6) is 0 Å². The Hall–Kier alpha value is -2.95. The molecule has 1 aromatic heterocycles. The maximum Gasteiger partial charge on any atom is 0.320 e. The number of anilines is 1. The smallest absolute Gasteiger partial charge is 0.320 e. The number of benzene rings is 2. The van der Waals surface area contributed by atoms with Crippen LogP contribution in [0, 0.1) is 11.6 Å². The summed E-state index contributed by atoms with van der Waals surface area (Å²) in [5.41, 5.74) is 2.05. The molecule has 0 aliphatic carbocycles. The van der Waals surface area contributed by atoms with Crippen LogP contribution in [0.2, 0.25) is 0 Å². The van der Waals surface area contributed by atoms with Gasteiger partial charge in [-0.1, -0.05) is 18.2 Å². The van der Waals surface area contributed by atoms with Crippen LogP contribution in [0.3, 0.4) is 0 Å². The minimum absolute atomic E-state index is 0.272. The van der Waals surface area contributed by atoms with E-state index in [4.69, 9.17) is 4.74 Å². The second-order valence-electron chi connectivity index (χ2n) is 8.32. The molecular weight excluding hydrogens is 460 g/mol. The van der Waals surface area contributed by atoms with Crippen LogP contribution < -0.4 is 10.6 Å². The van der Waals surface area contributed by atoms with Crippen LogP contribution in [-0.2, 0) is 11.8 Å². The van der Waals surface area contributed by atoms with Crippen LogP contribution in [0.15, 0.2) is 53.4 Å². The van der Waals surface area contributed by atoms with Crippen LogP contribution in [-0.4, -0.2) is 60.1 Å². The summed E-state index contributed by atoms with van der Waals surface area (Å²) in [6.07, 6.45) is 0. The van der Waals surface area contributed by atoms with E-state index in [1.165, 1.54) is 12.1 Å². The van der Waals surface area contributed by atoms with Gasteiger partial charge in [-0.2, -0.15) is 5.10 Å². The maximum atomic E-state index is 13.9. The number of halogens is 2. The maximum absolute atomic E-state index is 13.9. The van der Waals surface area contributed by atoms with Gasteiger partial charge in [0.15, 0.2) is 0 Å². The van der Waals surface area contributed by atoms with Gasteiger partial charge in [-0.15, -0.1) is 12.6 Å². The molecule has 0 radical (unpaired) electrons. The van der Waals surface area contributed by atoms with E-state index in [0.29, 0.717) is 43.3 Å². The van der Waals surface area contributed by atoms with Crippen molar-refractivity contribution < 1.29 is 18.3 Å². The van der Waals surface area contributed by atoms with Gasteiger partial charge in [0, 0.05) is 62.3 Å². The third-order valence-electron chi connectivity index (χ3n) is 5.94. The van der Waals surface area contributed by atoms with Gasteiger partial charge in [0.2, 0.25) is 0 Å².